The zero-order chi connectivity index (χ0) is 13.1. The van der Waals surface area contributed by atoms with Gasteiger partial charge in [-0.2, -0.15) is 0 Å². The molecule has 1 aliphatic heterocycles. The summed E-state index contributed by atoms with van der Waals surface area (Å²) in [4.78, 5) is 4.16. The Kier molecular flexibility index (Phi) is 4.46. The summed E-state index contributed by atoms with van der Waals surface area (Å²) in [5.41, 5.74) is 7.35. The van der Waals surface area contributed by atoms with Crippen LogP contribution in [0.2, 0.25) is 0 Å². The molecule has 0 radical (unpaired) electrons. The lowest BCUT2D eigenvalue weighted by Gasteiger charge is -2.30. The van der Waals surface area contributed by atoms with Gasteiger partial charge in [0.25, 0.3) is 0 Å². The van der Waals surface area contributed by atoms with Crippen LogP contribution in [0.5, 0.6) is 0 Å². The Morgan fingerprint density at radius 3 is 2.74 bits per heavy atom. The van der Waals surface area contributed by atoms with Crippen LogP contribution in [-0.2, 0) is 6.42 Å². The zero-order valence-electron chi connectivity index (χ0n) is 11.6. The molecule has 1 aromatic carbocycles. The average Bonchev–Trinajstić information content (AvgIpc) is 3.07. The second-order valence-corrected chi connectivity index (χ2v) is 7.12. The molecule has 0 aromatic heterocycles. The first-order valence-electron chi connectivity index (χ1n) is 7.55. The van der Waals surface area contributed by atoms with Gasteiger partial charge in [-0.1, -0.05) is 31.0 Å². The standard InChI is InChI=1S/C16H24N2S/c17-9-10-18(14-6-2-3-7-14)12-15-11-13-5-1-4-8-16(13)19-15/h1,4-5,8,14-15H,2-3,6-7,9-12,17H2. The van der Waals surface area contributed by atoms with Crippen molar-refractivity contribution in [2.24, 2.45) is 5.73 Å². The third-order valence-electron chi connectivity index (χ3n) is 4.41. The lowest BCUT2D eigenvalue weighted by Crippen LogP contribution is -2.41. The fourth-order valence-corrected chi connectivity index (χ4v) is 4.82. The van der Waals surface area contributed by atoms with Crippen molar-refractivity contribution in [3.63, 3.8) is 0 Å². The Morgan fingerprint density at radius 1 is 1.21 bits per heavy atom. The molecule has 2 nitrogen and oxygen atoms in total. The van der Waals surface area contributed by atoms with Gasteiger partial charge in [-0.3, -0.25) is 4.90 Å². The third-order valence-corrected chi connectivity index (χ3v) is 5.71. The number of nitrogens with two attached hydrogens (primary N) is 1. The Bertz CT molecular complexity index is 390. The van der Waals surface area contributed by atoms with Crippen LogP contribution in [0.1, 0.15) is 31.2 Å². The van der Waals surface area contributed by atoms with Crippen LogP contribution in [0, 0.1) is 0 Å². The summed E-state index contributed by atoms with van der Waals surface area (Å²) < 4.78 is 0. The molecule has 104 valence electrons. The van der Waals surface area contributed by atoms with Crippen molar-refractivity contribution in [2.45, 2.75) is 48.3 Å². The van der Waals surface area contributed by atoms with Gasteiger partial charge >= 0.3 is 0 Å². The van der Waals surface area contributed by atoms with Gasteiger partial charge in [-0.25, -0.2) is 0 Å². The number of benzene rings is 1. The topological polar surface area (TPSA) is 29.3 Å². The molecule has 1 aliphatic carbocycles. The SMILES string of the molecule is NCCN(CC1Cc2ccccc2S1)C1CCCC1. The number of hydrogen-bond acceptors (Lipinski definition) is 3. The van der Waals surface area contributed by atoms with E-state index in [-0.39, 0.29) is 0 Å². The number of nitrogens with zero attached hydrogens (tertiary/aromatic N) is 1. The van der Waals surface area contributed by atoms with Gasteiger partial charge in [0, 0.05) is 35.8 Å². The third kappa shape index (κ3) is 3.15. The van der Waals surface area contributed by atoms with Crippen LogP contribution < -0.4 is 5.73 Å². The van der Waals surface area contributed by atoms with Crippen molar-refractivity contribution in [1.29, 1.82) is 0 Å². The van der Waals surface area contributed by atoms with E-state index >= 15 is 0 Å². The van der Waals surface area contributed by atoms with Crippen LogP contribution in [0.15, 0.2) is 29.2 Å². The lowest BCUT2D eigenvalue weighted by molar-refractivity contribution is 0.205. The van der Waals surface area contributed by atoms with Gasteiger partial charge in [0.05, 0.1) is 0 Å². The van der Waals surface area contributed by atoms with Gasteiger partial charge in [-0.05, 0) is 30.9 Å². The molecular weight excluding hydrogens is 252 g/mol. The molecule has 0 amide bonds. The monoisotopic (exact) mass is 276 g/mol. The largest absolute Gasteiger partial charge is 0.329 e. The van der Waals surface area contributed by atoms with E-state index in [1.54, 1.807) is 0 Å². The van der Waals surface area contributed by atoms with E-state index < -0.39 is 0 Å². The number of fused-ring (bicyclic) bond motifs is 1. The van der Waals surface area contributed by atoms with E-state index in [1.165, 1.54) is 49.1 Å². The quantitative estimate of drug-likeness (QED) is 0.896. The van der Waals surface area contributed by atoms with Crippen molar-refractivity contribution < 1.29 is 0 Å². The van der Waals surface area contributed by atoms with Crippen LogP contribution in [-0.4, -0.2) is 35.8 Å². The molecule has 1 fully saturated rings. The summed E-state index contributed by atoms with van der Waals surface area (Å²) in [6, 6.07) is 9.67. The maximum atomic E-state index is 5.81. The van der Waals surface area contributed by atoms with E-state index in [9.17, 15) is 0 Å². The van der Waals surface area contributed by atoms with Crippen molar-refractivity contribution in [3.8, 4) is 0 Å². The van der Waals surface area contributed by atoms with Gasteiger partial charge in [-0.15, -0.1) is 11.8 Å². The predicted molar refractivity (Wildman–Crippen MR) is 82.7 cm³/mol. The van der Waals surface area contributed by atoms with Crippen LogP contribution >= 0.6 is 11.8 Å². The smallest absolute Gasteiger partial charge is 0.0263 e. The Morgan fingerprint density at radius 2 is 2.00 bits per heavy atom. The van der Waals surface area contributed by atoms with Crippen LogP contribution in [0.4, 0.5) is 0 Å². The van der Waals surface area contributed by atoms with E-state index in [0.29, 0.717) is 0 Å². The summed E-state index contributed by atoms with van der Waals surface area (Å²) in [5, 5.41) is 0.726. The van der Waals surface area contributed by atoms with Crippen molar-refractivity contribution >= 4 is 11.8 Å². The summed E-state index contributed by atoms with van der Waals surface area (Å²) in [7, 11) is 0. The summed E-state index contributed by atoms with van der Waals surface area (Å²) >= 11 is 2.07. The molecule has 3 heteroatoms. The molecule has 2 aliphatic rings. The van der Waals surface area contributed by atoms with Crippen LogP contribution in [0.25, 0.3) is 0 Å². The Labute approximate surface area is 120 Å². The molecule has 19 heavy (non-hydrogen) atoms. The normalized spacial score (nSPS) is 23.2. The fraction of sp³-hybridized carbons (Fsp3) is 0.625. The van der Waals surface area contributed by atoms with Gasteiger partial charge < -0.3 is 5.73 Å². The highest BCUT2D eigenvalue weighted by Crippen LogP contribution is 2.37. The van der Waals surface area contributed by atoms with E-state index in [1.807, 2.05) is 0 Å². The first-order valence-corrected chi connectivity index (χ1v) is 8.43. The minimum atomic E-state index is 0.726. The fourth-order valence-electron chi connectivity index (χ4n) is 3.48. The molecule has 3 rings (SSSR count). The number of thioether (sulfide) groups is 1. The number of rotatable bonds is 5. The maximum Gasteiger partial charge on any atom is 0.0263 e. The molecule has 1 atom stereocenters. The highest BCUT2D eigenvalue weighted by atomic mass is 32.2. The van der Waals surface area contributed by atoms with Crippen molar-refractivity contribution in [3.05, 3.63) is 29.8 Å². The second-order valence-electron chi connectivity index (χ2n) is 5.77. The molecule has 1 saturated carbocycles. The molecule has 2 N–H and O–H groups in total. The van der Waals surface area contributed by atoms with Crippen molar-refractivity contribution in [2.75, 3.05) is 19.6 Å². The second kappa shape index (κ2) is 6.29. The highest BCUT2D eigenvalue weighted by Gasteiger charge is 2.28. The Balaban J connectivity index is 1.61. The molecule has 1 heterocycles. The first-order chi connectivity index (χ1) is 9.36. The predicted octanol–water partition coefficient (Wildman–Crippen LogP) is 2.91. The molecule has 1 aromatic rings. The van der Waals surface area contributed by atoms with Crippen LogP contribution in [0.3, 0.4) is 0 Å². The van der Waals surface area contributed by atoms with E-state index in [0.717, 1.165) is 24.4 Å². The summed E-state index contributed by atoms with van der Waals surface area (Å²) in [5.74, 6) is 0. The maximum absolute atomic E-state index is 5.81. The minimum absolute atomic E-state index is 0.726. The molecule has 1 unspecified atom stereocenters. The van der Waals surface area contributed by atoms with E-state index in [2.05, 4.69) is 40.9 Å². The zero-order valence-corrected chi connectivity index (χ0v) is 12.4. The molecule has 0 spiro atoms. The van der Waals surface area contributed by atoms with Crippen molar-refractivity contribution in [1.82, 2.24) is 4.90 Å². The minimum Gasteiger partial charge on any atom is -0.329 e. The van der Waals surface area contributed by atoms with Gasteiger partial charge in [0.15, 0.2) is 0 Å². The van der Waals surface area contributed by atoms with Gasteiger partial charge in [0.1, 0.15) is 0 Å². The summed E-state index contributed by atoms with van der Waals surface area (Å²) in [6.07, 6.45) is 6.80. The highest BCUT2D eigenvalue weighted by molar-refractivity contribution is 8.00. The van der Waals surface area contributed by atoms with E-state index in [4.69, 9.17) is 5.73 Å². The Hall–Kier alpha value is -0.510. The number of hydrogen-bond donors (Lipinski definition) is 1. The van der Waals surface area contributed by atoms with Gasteiger partial charge in [0.2, 0.25) is 0 Å². The first kappa shape index (κ1) is 13.5. The molecule has 0 saturated heterocycles. The average molecular weight is 276 g/mol. The lowest BCUT2D eigenvalue weighted by atomic mass is 10.1. The molecular formula is C16H24N2S. The summed E-state index contributed by atoms with van der Waals surface area (Å²) in [6.45, 7) is 3.07. The molecule has 0 bridgehead atoms.